The number of fused-ring (bicyclic) bond motifs is 5. The molecule has 0 aliphatic heterocycles. The first kappa shape index (κ1) is 23.8. The molecular weight excluding hydrogens is 384 g/mol. The lowest BCUT2D eigenvalue weighted by molar-refractivity contribution is -0.216. The molecule has 4 fully saturated rings. The van der Waals surface area contributed by atoms with Crippen LogP contribution >= 0.6 is 0 Å². The van der Waals surface area contributed by atoms with Gasteiger partial charge in [0.25, 0.3) is 0 Å². The fraction of sp³-hybridized carbons (Fsp3) is 0.929. The molecule has 4 rings (SSSR count). The van der Waals surface area contributed by atoms with Crippen LogP contribution in [0.3, 0.4) is 0 Å². The lowest BCUT2D eigenvalue weighted by atomic mass is 9.43. The number of hydrogen-bond acceptors (Lipinski definition) is 3. The molecule has 3 N–H and O–H groups in total. The third kappa shape index (κ3) is 3.75. The highest BCUT2D eigenvalue weighted by Crippen LogP contribution is 2.68. The van der Waals surface area contributed by atoms with E-state index < -0.39 is 6.10 Å². The van der Waals surface area contributed by atoms with Crippen LogP contribution < -0.4 is 0 Å². The van der Waals surface area contributed by atoms with Gasteiger partial charge in [0.2, 0.25) is 0 Å². The Kier molecular flexibility index (Phi) is 6.47. The third-order valence-electron chi connectivity index (χ3n) is 11.2. The number of allylic oxidation sites excluding steroid dienone is 1. The summed E-state index contributed by atoms with van der Waals surface area (Å²) in [5.74, 6) is 3.61. The van der Waals surface area contributed by atoms with Gasteiger partial charge in [0.1, 0.15) is 0 Å². The molecule has 31 heavy (non-hydrogen) atoms. The highest BCUT2D eigenvalue weighted by atomic mass is 16.3. The van der Waals surface area contributed by atoms with Gasteiger partial charge in [-0.15, -0.1) is 0 Å². The summed E-state index contributed by atoms with van der Waals surface area (Å²) in [6, 6.07) is 0. The summed E-state index contributed by atoms with van der Waals surface area (Å²) in [5, 5.41) is 33.0. The van der Waals surface area contributed by atoms with Crippen molar-refractivity contribution in [3.05, 3.63) is 12.2 Å². The minimum Gasteiger partial charge on any atom is -0.393 e. The summed E-state index contributed by atoms with van der Waals surface area (Å²) in [4.78, 5) is 0. The molecular formula is C28H48O3. The molecule has 3 heteroatoms. The molecule has 178 valence electrons. The highest BCUT2D eigenvalue weighted by molar-refractivity contribution is 5.14. The minimum absolute atomic E-state index is 0.182. The van der Waals surface area contributed by atoms with Crippen LogP contribution in [0.4, 0.5) is 0 Å². The summed E-state index contributed by atoms with van der Waals surface area (Å²) in [7, 11) is 0. The van der Waals surface area contributed by atoms with Gasteiger partial charge in [0, 0.05) is 5.41 Å². The molecule has 0 saturated heterocycles. The van der Waals surface area contributed by atoms with Gasteiger partial charge in [0.05, 0.1) is 18.3 Å². The number of aliphatic hydroxyl groups is 3. The van der Waals surface area contributed by atoms with E-state index in [9.17, 15) is 15.3 Å². The lowest BCUT2D eigenvalue weighted by Crippen LogP contribution is -2.63. The van der Waals surface area contributed by atoms with Crippen molar-refractivity contribution < 1.29 is 15.3 Å². The van der Waals surface area contributed by atoms with Gasteiger partial charge in [0.15, 0.2) is 0 Å². The molecule has 11 unspecified atom stereocenters. The van der Waals surface area contributed by atoms with E-state index in [4.69, 9.17) is 0 Å². The molecule has 0 aromatic rings. The molecule has 0 spiro atoms. The Labute approximate surface area is 190 Å². The smallest absolute Gasteiger partial charge is 0.0624 e. The zero-order valence-corrected chi connectivity index (χ0v) is 20.7. The summed E-state index contributed by atoms with van der Waals surface area (Å²) in [6.45, 7) is 15.9. The molecule has 0 bridgehead atoms. The number of aliphatic hydroxyl groups excluding tert-OH is 3. The monoisotopic (exact) mass is 432 g/mol. The SMILES string of the molecule is C=C(CCC(C)C1CCC2C3CCC4CC(O)CC(O)C4(C)C3C(O)CC12C)C(C)C. The van der Waals surface area contributed by atoms with Crippen molar-refractivity contribution in [2.24, 2.45) is 52.3 Å². The van der Waals surface area contributed by atoms with E-state index in [1.807, 2.05) is 0 Å². The third-order valence-corrected chi connectivity index (χ3v) is 11.2. The van der Waals surface area contributed by atoms with Crippen LogP contribution in [0.25, 0.3) is 0 Å². The highest BCUT2D eigenvalue weighted by Gasteiger charge is 2.65. The molecule has 0 heterocycles. The Balaban J connectivity index is 1.54. The van der Waals surface area contributed by atoms with Crippen molar-refractivity contribution in [2.75, 3.05) is 0 Å². The normalized spacial score (nSPS) is 50.5. The predicted octanol–water partition coefficient (Wildman–Crippen LogP) is 5.58. The van der Waals surface area contributed by atoms with E-state index in [0.717, 1.165) is 32.1 Å². The molecule has 11 atom stereocenters. The zero-order valence-electron chi connectivity index (χ0n) is 20.7. The van der Waals surface area contributed by atoms with E-state index in [1.165, 1.54) is 24.8 Å². The quantitative estimate of drug-likeness (QED) is 0.497. The van der Waals surface area contributed by atoms with Gasteiger partial charge >= 0.3 is 0 Å². The minimum atomic E-state index is -0.494. The van der Waals surface area contributed by atoms with Crippen LogP contribution in [0.5, 0.6) is 0 Å². The van der Waals surface area contributed by atoms with Gasteiger partial charge in [-0.25, -0.2) is 0 Å². The molecule has 0 aromatic carbocycles. The van der Waals surface area contributed by atoms with E-state index in [2.05, 4.69) is 41.2 Å². The van der Waals surface area contributed by atoms with Crippen molar-refractivity contribution in [1.82, 2.24) is 0 Å². The Morgan fingerprint density at radius 2 is 1.71 bits per heavy atom. The fourth-order valence-corrected chi connectivity index (χ4v) is 9.29. The largest absolute Gasteiger partial charge is 0.393 e. The Bertz CT molecular complexity index is 673. The molecule has 3 nitrogen and oxygen atoms in total. The first-order chi connectivity index (χ1) is 14.5. The fourth-order valence-electron chi connectivity index (χ4n) is 9.29. The zero-order chi connectivity index (χ0) is 22.7. The van der Waals surface area contributed by atoms with E-state index in [0.29, 0.717) is 41.9 Å². The van der Waals surface area contributed by atoms with Crippen molar-refractivity contribution >= 4 is 0 Å². The van der Waals surface area contributed by atoms with Crippen molar-refractivity contribution in [3.8, 4) is 0 Å². The summed E-state index contributed by atoms with van der Waals surface area (Å²) in [5.41, 5.74) is 1.33. The first-order valence-electron chi connectivity index (χ1n) is 13.2. The van der Waals surface area contributed by atoms with E-state index in [1.54, 1.807) is 0 Å². The van der Waals surface area contributed by atoms with Crippen LogP contribution in [0.15, 0.2) is 12.2 Å². The second-order valence-electron chi connectivity index (χ2n) is 12.9. The summed E-state index contributed by atoms with van der Waals surface area (Å²) >= 11 is 0. The van der Waals surface area contributed by atoms with Gasteiger partial charge < -0.3 is 15.3 Å². The second-order valence-corrected chi connectivity index (χ2v) is 12.9. The van der Waals surface area contributed by atoms with Gasteiger partial charge in [-0.1, -0.05) is 46.8 Å². The average molecular weight is 433 g/mol. The molecule has 4 aliphatic rings. The maximum Gasteiger partial charge on any atom is 0.0624 e. The van der Waals surface area contributed by atoms with Gasteiger partial charge in [-0.3, -0.25) is 0 Å². The van der Waals surface area contributed by atoms with Crippen molar-refractivity contribution in [2.45, 2.75) is 111 Å². The van der Waals surface area contributed by atoms with Gasteiger partial charge in [-0.05, 0) is 105 Å². The van der Waals surface area contributed by atoms with E-state index in [-0.39, 0.29) is 29.0 Å². The van der Waals surface area contributed by atoms with Crippen LogP contribution in [-0.4, -0.2) is 33.6 Å². The molecule has 0 aromatic heterocycles. The standard InChI is InChI=1S/C28H48O3/c1-16(2)17(3)7-8-18(4)22-11-12-23-21-10-9-19-13-20(29)14-25(31)28(19,6)26(21)24(30)15-27(22,23)5/h16,18-26,29-31H,3,7-15H2,1-2,4-6H3. The molecule has 0 amide bonds. The topological polar surface area (TPSA) is 60.7 Å². The van der Waals surface area contributed by atoms with E-state index >= 15 is 0 Å². The summed E-state index contributed by atoms with van der Waals surface area (Å²) in [6.07, 6.45) is 8.11. The predicted molar refractivity (Wildman–Crippen MR) is 126 cm³/mol. The Hall–Kier alpha value is -0.380. The van der Waals surface area contributed by atoms with Crippen LogP contribution in [0, 0.1) is 52.3 Å². The van der Waals surface area contributed by atoms with Crippen LogP contribution in [0.1, 0.15) is 92.4 Å². The van der Waals surface area contributed by atoms with Crippen LogP contribution in [0.2, 0.25) is 0 Å². The lowest BCUT2D eigenvalue weighted by Gasteiger charge is -2.63. The maximum atomic E-state index is 11.6. The average Bonchev–Trinajstić information content (AvgIpc) is 3.03. The Morgan fingerprint density at radius 1 is 1.00 bits per heavy atom. The van der Waals surface area contributed by atoms with Gasteiger partial charge in [-0.2, -0.15) is 0 Å². The Morgan fingerprint density at radius 3 is 2.39 bits per heavy atom. The number of hydrogen-bond donors (Lipinski definition) is 3. The molecule has 4 aliphatic carbocycles. The molecule has 4 saturated carbocycles. The summed E-state index contributed by atoms with van der Waals surface area (Å²) < 4.78 is 0. The van der Waals surface area contributed by atoms with Crippen LogP contribution in [-0.2, 0) is 0 Å². The van der Waals surface area contributed by atoms with Crippen molar-refractivity contribution in [1.29, 1.82) is 0 Å². The number of rotatable bonds is 5. The first-order valence-corrected chi connectivity index (χ1v) is 13.2. The van der Waals surface area contributed by atoms with Crippen molar-refractivity contribution in [3.63, 3.8) is 0 Å². The second kappa shape index (κ2) is 8.44. The maximum absolute atomic E-state index is 11.6. The molecule has 0 radical (unpaired) electrons.